The molecule has 60 valence electrons. The zero-order valence-corrected chi connectivity index (χ0v) is 6.80. The topological polar surface area (TPSA) is 84.4 Å². The average Bonchev–Trinajstić information content (AvgIpc) is 2.37. The highest BCUT2D eigenvalue weighted by Crippen LogP contribution is 2.08. The minimum atomic E-state index is 0.180. The molecule has 0 aromatic carbocycles. The summed E-state index contributed by atoms with van der Waals surface area (Å²) in [6.45, 7) is 1.84. The number of aromatic nitrogens is 2. The molecule has 1 aromatic rings. The quantitative estimate of drug-likeness (QED) is 0.287. The van der Waals surface area contributed by atoms with Crippen molar-refractivity contribution in [1.29, 1.82) is 0 Å². The molecule has 11 heavy (non-hydrogen) atoms. The van der Waals surface area contributed by atoms with Gasteiger partial charge >= 0.3 is 0 Å². The minimum absolute atomic E-state index is 0.180. The van der Waals surface area contributed by atoms with Crippen LogP contribution in [0.5, 0.6) is 0 Å². The monoisotopic (exact) mass is 172 g/mol. The summed E-state index contributed by atoms with van der Waals surface area (Å²) in [6.07, 6.45) is 0.417. The second-order valence-electron chi connectivity index (χ2n) is 2.05. The maximum atomic E-state index is 8.25. The fraction of sp³-hybridized carbons (Fsp3) is 0.400. The predicted octanol–water partition coefficient (Wildman–Crippen LogP) is 0.135. The Hall–Kier alpha value is -1.17. The third-order valence-electron chi connectivity index (χ3n) is 1.22. The van der Waals surface area contributed by atoms with Gasteiger partial charge in [0.05, 0.1) is 10.6 Å². The van der Waals surface area contributed by atoms with Crippen LogP contribution in [-0.2, 0) is 6.42 Å². The second-order valence-corrected chi connectivity index (χ2v) is 2.89. The molecule has 1 heterocycles. The van der Waals surface area contributed by atoms with Crippen LogP contribution in [0.4, 0.5) is 0 Å². The van der Waals surface area contributed by atoms with Gasteiger partial charge in [0.2, 0.25) is 0 Å². The Morgan fingerprint density at radius 2 is 2.55 bits per heavy atom. The highest BCUT2D eigenvalue weighted by atomic mass is 32.1. The highest BCUT2D eigenvalue weighted by Gasteiger charge is 2.04. The summed E-state index contributed by atoms with van der Waals surface area (Å²) in [5, 5.41) is 14.9. The molecule has 1 aromatic heterocycles. The number of hydrogen-bond acceptors (Lipinski definition) is 5. The van der Waals surface area contributed by atoms with E-state index in [0.29, 0.717) is 6.42 Å². The van der Waals surface area contributed by atoms with E-state index in [4.69, 9.17) is 10.9 Å². The summed E-state index contributed by atoms with van der Waals surface area (Å²) < 4.78 is 3.71. The van der Waals surface area contributed by atoms with Crippen molar-refractivity contribution in [3.63, 3.8) is 0 Å². The molecule has 1 rings (SSSR count). The first kappa shape index (κ1) is 7.93. The van der Waals surface area contributed by atoms with Gasteiger partial charge in [-0.15, -0.1) is 5.10 Å². The first-order valence-corrected chi connectivity index (χ1v) is 3.75. The van der Waals surface area contributed by atoms with Crippen LogP contribution in [0.15, 0.2) is 5.16 Å². The van der Waals surface area contributed by atoms with E-state index in [1.807, 2.05) is 6.92 Å². The van der Waals surface area contributed by atoms with Gasteiger partial charge in [0.1, 0.15) is 5.84 Å². The van der Waals surface area contributed by atoms with Gasteiger partial charge in [0, 0.05) is 6.42 Å². The molecule has 3 N–H and O–H groups in total. The molecule has 0 amide bonds. The third-order valence-corrected chi connectivity index (χ3v) is 2.04. The number of nitrogens with two attached hydrogens (primary N) is 1. The second kappa shape index (κ2) is 3.29. The smallest absolute Gasteiger partial charge is 0.144 e. The Labute approximate surface area is 67.7 Å². The van der Waals surface area contributed by atoms with Crippen LogP contribution in [0.2, 0.25) is 0 Å². The Morgan fingerprint density at radius 3 is 3.00 bits per heavy atom. The minimum Gasteiger partial charge on any atom is -0.409 e. The van der Waals surface area contributed by atoms with Crippen molar-refractivity contribution in [1.82, 2.24) is 9.59 Å². The van der Waals surface area contributed by atoms with Gasteiger partial charge in [-0.05, 0) is 18.5 Å². The molecule has 0 bridgehead atoms. The van der Waals surface area contributed by atoms with Crippen molar-refractivity contribution in [2.45, 2.75) is 13.3 Å². The molecule has 0 aliphatic heterocycles. The van der Waals surface area contributed by atoms with Crippen LogP contribution in [0.1, 0.15) is 10.6 Å². The number of rotatable bonds is 2. The molecule has 0 fully saturated rings. The summed E-state index contributed by atoms with van der Waals surface area (Å²) >= 11 is 1.26. The van der Waals surface area contributed by atoms with Gasteiger partial charge in [-0.1, -0.05) is 9.64 Å². The van der Waals surface area contributed by atoms with Gasteiger partial charge in [-0.3, -0.25) is 0 Å². The molecule has 0 unspecified atom stereocenters. The molecular weight excluding hydrogens is 164 g/mol. The van der Waals surface area contributed by atoms with Crippen molar-refractivity contribution in [2.24, 2.45) is 10.9 Å². The van der Waals surface area contributed by atoms with Crippen molar-refractivity contribution in [2.75, 3.05) is 0 Å². The normalized spacial score (nSPS) is 11.9. The Bertz CT molecular complexity index is 269. The van der Waals surface area contributed by atoms with Crippen molar-refractivity contribution in [3.05, 3.63) is 10.6 Å². The van der Waals surface area contributed by atoms with Crippen LogP contribution >= 0.6 is 11.5 Å². The van der Waals surface area contributed by atoms with E-state index in [1.54, 1.807) is 0 Å². The molecule has 0 aliphatic rings. The molecular formula is C5H8N4OS. The average molecular weight is 172 g/mol. The van der Waals surface area contributed by atoms with Crippen molar-refractivity contribution >= 4 is 17.4 Å². The predicted molar refractivity (Wildman–Crippen MR) is 41.8 cm³/mol. The van der Waals surface area contributed by atoms with Gasteiger partial charge in [0.25, 0.3) is 0 Å². The molecule has 0 spiro atoms. The van der Waals surface area contributed by atoms with Gasteiger partial charge in [0.15, 0.2) is 0 Å². The maximum Gasteiger partial charge on any atom is 0.144 e. The Balaban J connectivity index is 2.72. The maximum absolute atomic E-state index is 8.25. The lowest BCUT2D eigenvalue weighted by molar-refractivity contribution is 0.317. The Morgan fingerprint density at radius 1 is 1.82 bits per heavy atom. The zero-order chi connectivity index (χ0) is 8.27. The molecule has 0 atom stereocenters. The van der Waals surface area contributed by atoms with E-state index in [2.05, 4.69) is 14.7 Å². The zero-order valence-electron chi connectivity index (χ0n) is 5.98. The molecule has 0 saturated carbocycles. The van der Waals surface area contributed by atoms with Crippen LogP contribution in [-0.4, -0.2) is 20.6 Å². The standard InChI is InChI=1S/C5H8N4OS/c1-3-4(11-9-7-3)2-5(6)8-10/h10H,2H2,1H3,(H2,6,8). The summed E-state index contributed by atoms with van der Waals surface area (Å²) in [5.41, 5.74) is 6.12. The first-order chi connectivity index (χ1) is 5.24. The summed E-state index contributed by atoms with van der Waals surface area (Å²) in [5.74, 6) is 0.180. The number of hydrogen-bond donors (Lipinski definition) is 2. The number of amidine groups is 1. The summed E-state index contributed by atoms with van der Waals surface area (Å²) in [4.78, 5) is 0.931. The fourth-order valence-corrected chi connectivity index (χ4v) is 1.26. The van der Waals surface area contributed by atoms with Crippen LogP contribution < -0.4 is 5.73 Å². The lowest BCUT2D eigenvalue weighted by Crippen LogP contribution is -2.14. The highest BCUT2D eigenvalue weighted by molar-refractivity contribution is 7.05. The third kappa shape index (κ3) is 1.87. The molecule has 0 aliphatic carbocycles. The largest absolute Gasteiger partial charge is 0.409 e. The molecule has 6 heteroatoms. The van der Waals surface area contributed by atoms with E-state index >= 15 is 0 Å². The summed E-state index contributed by atoms with van der Waals surface area (Å²) in [6, 6.07) is 0. The van der Waals surface area contributed by atoms with Crippen LogP contribution in [0.25, 0.3) is 0 Å². The van der Waals surface area contributed by atoms with E-state index < -0.39 is 0 Å². The van der Waals surface area contributed by atoms with Crippen molar-refractivity contribution in [3.8, 4) is 0 Å². The van der Waals surface area contributed by atoms with Crippen LogP contribution in [0.3, 0.4) is 0 Å². The van der Waals surface area contributed by atoms with E-state index in [1.165, 1.54) is 11.5 Å². The van der Waals surface area contributed by atoms with Crippen molar-refractivity contribution < 1.29 is 5.21 Å². The molecule has 5 nitrogen and oxygen atoms in total. The van der Waals surface area contributed by atoms with Gasteiger partial charge in [-0.25, -0.2) is 0 Å². The number of oxime groups is 1. The van der Waals surface area contributed by atoms with E-state index in [9.17, 15) is 0 Å². The number of nitrogens with zero attached hydrogens (tertiary/aromatic N) is 3. The lowest BCUT2D eigenvalue weighted by Gasteiger charge is -1.93. The summed E-state index contributed by atoms with van der Waals surface area (Å²) in [7, 11) is 0. The lowest BCUT2D eigenvalue weighted by atomic mass is 10.3. The first-order valence-electron chi connectivity index (χ1n) is 2.98. The van der Waals surface area contributed by atoms with E-state index in [-0.39, 0.29) is 5.84 Å². The van der Waals surface area contributed by atoms with Crippen LogP contribution in [0, 0.1) is 6.92 Å². The Kier molecular flexibility index (Phi) is 2.37. The SMILES string of the molecule is Cc1nnsc1C/C(N)=N/O. The van der Waals surface area contributed by atoms with E-state index in [0.717, 1.165) is 10.6 Å². The fourth-order valence-electron chi connectivity index (χ4n) is 0.613. The van der Waals surface area contributed by atoms with Gasteiger partial charge in [-0.2, -0.15) is 0 Å². The van der Waals surface area contributed by atoms with Gasteiger partial charge < -0.3 is 10.9 Å². The molecule has 0 radical (unpaired) electrons. The molecule has 0 saturated heterocycles. The number of aryl methyl sites for hydroxylation is 1.